The lowest BCUT2D eigenvalue weighted by atomic mass is 10.2. The van der Waals surface area contributed by atoms with Crippen molar-refractivity contribution in [1.82, 2.24) is 9.80 Å². The fraction of sp³-hybridized carbons (Fsp3) is 0.588. The third kappa shape index (κ3) is 4.44. The van der Waals surface area contributed by atoms with Gasteiger partial charge in [-0.05, 0) is 30.4 Å². The number of carbonyl (C=O) groups excluding carboxylic acids is 1. The summed E-state index contributed by atoms with van der Waals surface area (Å²) in [7, 11) is 0. The Morgan fingerprint density at radius 2 is 1.96 bits per heavy atom. The van der Waals surface area contributed by atoms with E-state index in [-0.39, 0.29) is 11.3 Å². The van der Waals surface area contributed by atoms with E-state index in [0.717, 1.165) is 45.8 Å². The first-order chi connectivity index (χ1) is 11.3. The summed E-state index contributed by atoms with van der Waals surface area (Å²) in [5.74, 6) is 0.878. The third-order valence-electron chi connectivity index (χ3n) is 4.35. The first-order valence-corrected chi connectivity index (χ1v) is 10.4. The summed E-state index contributed by atoms with van der Waals surface area (Å²) in [6, 6.07) is 8.62. The molecule has 0 aliphatic carbocycles. The summed E-state index contributed by atoms with van der Waals surface area (Å²) in [4.78, 5) is 18.0. The van der Waals surface area contributed by atoms with E-state index in [1.54, 1.807) is 23.5 Å². The number of hydrogen-bond acceptors (Lipinski definition) is 5. The van der Waals surface area contributed by atoms with Gasteiger partial charge in [-0.25, -0.2) is 0 Å². The Labute approximate surface area is 146 Å². The van der Waals surface area contributed by atoms with Gasteiger partial charge in [0.2, 0.25) is 5.91 Å². The second-order valence-corrected chi connectivity index (χ2v) is 7.78. The molecule has 4 nitrogen and oxygen atoms in total. The van der Waals surface area contributed by atoms with Gasteiger partial charge in [0.05, 0.1) is 19.0 Å². The Balaban J connectivity index is 1.55. The van der Waals surface area contributed by atoms with Crippen LogP contribution in [-0.2, 0) is 9.53 Å². The number of ether oxygens (including phenoxy) is 1. The molecule has 126 valence electrons. The zero-order chi connectivity index (χ0) is 16.1. The molecule has 1 amide bonds. The molecule has 2 aliphatic rings. The van der Waals surface area contributed by atoms with Gasteiger partial charge in [0, 0.05) is 31.1 Å². The van der Waals surface area contributed by atoms with Crippen molar-refractivity contribution in [3.63, 3.8) is 0 Å². The van der Waals surface area contributed by atoms with E-state index in [4.69, 9.17) is 4.74 Å². The van der Waals surface area contributed by atoms with Crippen LogP contribution in [0.15, 0.2) is 29.2 Å². The molecule has 3 rings (SSSR count). The summed E-state index contributed by atoms with van der Waals surface area (Å²) < 4.78 is 5.38. The van der Waals surface area contributed by atoms with Gasteiger partial charge in [0.1, 0.15) is 5.37 Å². The Morgan fingerprint density at radius 1 is 1.22 bits per heavy atom. The van der Waals surface area contributed by atoms with Crippen LogP contribution in [0.1, 0.15) is 17.4 Å². The molecule has 1 atom stereocenters. The average Bonchev–Trinajstić information content (AvgIpc) is 2.97. The van der Waals surface area contributed by atoms with Gasteiger partial charge < -0.3 is 9.64 Å². The number of nitrogens with zero attached hydrogens (tertiary/aromatic N) is 2. The number of thioether (sulfide) groups is 2. The molecule has 1 unspecified atom stereocenters. The highest BCUT2D eigenvalue weighted by Crippen LogP contribution is 2.39. The van der Waals surface area contributed by atoms with Crippen molar-refractivity contribution in [3.8, 4) is 0 Å². The lowest BCUT2D eigenvalue weighted by Gasteiger charge is -2.29. The first kappa shape index (κ1) is 17.1. The van der Waals surface area contributed by atoms with Crippen molar-refractivity contribution in [3.05, 3.63) is 29.8 Å². The molecule has 0 saturated carbocycles. The summed E-state index contributed by atoms with van der Waals surface area (Å²) in [6.45, 7) is 5.60. The van der Waals surface area contributed by atoms with Crippen LogP contribution in [0.4, 0.5) is 0 Å². The van der Waals surface area contributed by atoms with Gasteiger partial charge in [0.25, 0.3) is 0 Å². The van der Waals surface area contributed by atoms with E-state index in [0.29, 0.717) is 5.75 Å². The fourth-order valence-corrected chi connectivity index (χ4v) is 4.66. The quantitative estimate of drug-likeness (QED) is 0.735. The predicted molar refractivity (Wildman–Crippen MR) is 97.0 cm³/mol. The lowest BCUT2D eigenvalue weighted by molar-refractivity contribution is -0.128. The average molecular weight is 353 g/mol. The molecule has 0 N–H and O–H groups in total. The van der Waals surface area contributed by atoms with E-state index in [9.17, 15) is 4.79 Å². The van der Waals surface area contributed by atoms with Crippen LogP contribution >= 0.6 is 23.5 Å². The van der Waals surface area contributed by atoms with Gasteiger partial charge in [0.15, 0.2) is 0 Å². The Morgan fingerprint density at radius 3 is 2.65 bits per heavy atom. The molecule has 0 radical (unpaired) electrons. The maximum atomic E-state index is 12.2. The van der Waals surface area contributed by atoms with Gasteiger partial charge in [-0.2, -0.15) is 0 Å². The molecule has 2 aliphatic heterocycles. The standard InChI is InChI=1S/C17H24N2O2S2/c1-22-15-5-3-14(4-6-15)17-19(16(20)13-23-17)8-2-7-18-9-11-21-12-10-18/h3-6,17H,2,7-13H2,1H3. The molecule has 2 saturated heterocycles. The van der Waals surface area contributed by atoms with Crippen molar-refractivity contribution in [2.24, 2.45) is 0 Å². The van der Waals surface area contributed by atoms with Crippen LogP contribution in [0, 0.1) is 0 Å². The maximum absolute atomic E-state index is 12.2. The van der Waals surface area contributed by atoms with E-state index in [1.807, 2.05) is 0 Å². The number of hydrogen-bond donors (Lipinski definition) is 0. The second kappa shape index (κ2) is 8.42. The van der Waals surface area contributed by atoms with Gasteiger partial charge in [-0.3, -0.25) is 9.69 Å². The summed E-state index contributed by atoms with van der Waals surface area (Å²) in [6.07, 6.45) is 3.12. The number of morpholine rings is 1. The van der Waals surface area contributed by atoms with E-state index in [1.165, 1.54) is 10.5 Å². The van der Waals surface area contributed by atoms with Crippen LogP contribution in [0.2, 0.25) is 0 Å². The second-order valence-electron chi connectivity index (χ2n) is 5.83. The van der Waals surface area contributed by atoms with E-state index >= 15 is 0 Å². The number of carbonyl (C=O) groups is 1. The van der Waals surface area contributed by atoms with Gasteiger partial charge in [-0.15, -0.1) is 23.5 Å². The molecular weight excluding hydrogens is 328 g/mol. The van der Waals surface area contributed by atoms with Crippen molar-refractivity contribution >= 4 is 29.4 Å². The van der Waals surface area contributed by atoms with Crippen molar-refractivity contribution < 1.29 is 9.53 Å². The zero-order valence-corrected chi connectivity index (χ0v) is 15.2. The molecule has 1 aromatic rings. The molecular formula is C17H24N2O2S2. The van der Waals surface area contributed by atoms with Crippen molar-refractivity contribution in [2.45, 2.75) is 16.7 Å². The number of rotatable bonds is 6. The van der Waals surface area contributed by atoms with Gasteiger partial charge in [-0.1, -0.05) is 12.1 Å². The number of amides is 1. The molecule has 2 fully saturated rings. The molecule has 0 aromatic heterocycles. The Kier molecular flexibility index (Phi) is 6.28. The minimum Gasteiger partial charge on any atom is -0.379 e. The minimum atomic E-state index is 0.183. The summed E-state index contributed by atoms with van der Waals surface area (Å²) in [5, 5.41) is 0.183. The topological polar surface area (TPSA) is 32.8 Å². The zero-order valence-electron chi connectivity index (χ0n) is 13.6. The predicted octanol–water partition coefficient (Wildman–Crippen LogP) is 2.70. The molecule has 0 spiro atoms. The summed E-state index contributed by atoms with van der Waals surface area (Å²) in [5.41, 5.74) is 1.24. The SMILES string of the molecule is CSc1ccc(C2SCC(=O)N2CCCN2CCOCC2)cc1. The monoisotopic (exact) mass is 352 g/mol. The van der Waals surface area contributed by atoms with Crippen LogP contribution in [0.5, 0.6) is 0 Å². The Hall–Kier alpha value is -0.690. The van der Waals surface area contributed by atoms with Crippen LogP contribution in [0.3, 0.4) is 0 Å². The highest BCUT2D eigenvalue weighted by atomic mass is 32.2. The highest BCUT2D eigenvalue weighted by molar-refractivity contribution is 8.00. The Bertz CT molecular complexity index is 518. The first-order valence-electron chi connectivity index (χ1n) is 8.13. The molecule has 0 bridgehead atoms. The third-order valence-corrected chi connectivity index (χ3v) is 6.35. The van der Waals surface area contributed by atoms with E-state index < -0.39 is 0 Å². The van der Waals surface area contributed by atoms with Crippen molar-refractivity contribution in [1.29, 1.82) is 0 Å². The highest BCUT2D eigenvalue weighted by Gasteiger charge is 2.32. The van der Waals surface area contributed by atoms with Crippen molar-refractivity contribution in [2.75, 3.05) is 51.4 Å². The number of benzene rings is 1. The van der Waals surface area contributed by atoms with Crippen LogP contribution in [-0.4, -0.2) is 67.1 Å². The largest absolute Gasteiger partial charge is 0.379 e. The molecule has 23 heavy (non-hydrogen) atoms. The van der Waals surface area contributed by atoms with E-state index in [2.05, 4.69) is 40.3 Å². The molecule has 2 heterocycles. The maximum Gasteiger partial charge on any atom is 0.233 e. The summed E-state index contributed by atoms with van der Waals surface area (Å²) >= 11 is 3.50. The minimum absolute atomic E-state index is 0.183. The molecule has 1 aromatic carbocycles. The smallest absolute Gasteiger partial charge is 0.233 e. The lowest BCUT2D eigenvalue weighted by Crippen LogP contribution is -2.38. The molecule has 6 heteroatoms. The fourth-order valence-electron chi connectivity index (χ4n) is 3.03. The normalized spacial score (nSPS) is 22.7. The van der Waals surface area contributed by atoms with Gasteiger partial charge >= 0.3 is 0 Å². The van der Waals surface area contributed by atoms with Crippen LogP contribution in [0.25, 0.3) is 0 Å². The van der Waals surface area contributed by atoms with Crippen LogP contribution < -0.4 is 0 Å².